The molecule has 0 aromatic rings. The molecule has 0 bridgehead atoms. The van der Waals surface area contributed by atoms with Gasteiger partial charge in [0.15, 0.2) is 0 Å². The molecule has 0 radical (unpaired) electrons. The van der Waals surface area contributed by atoms with Crippen LogP contribution in [0.5, 0.6) is 0 Å². The van der Waals surface area contributed by atoms with Gasteiger partial charge in [0, 0.05) is 38.8 Å². The topological polar surface area (TPSA) is 105 Å². The third-order valence-corrected chi connectivity index (χ3v) is 5.95. The third-order valence-electron chi connectivity index (χ3n) is 5.95. The van der Waals surface area contributed by atoms with Crippen LogP contribution in [0.1, 0.15) is 66.2 Å². The van der Waals surface area contributed by atoms with Crippen molar-refractivity contribution in [1.82, 2.24) is 10.2 Å². The van der Waals surface area contributed by atoms with Crippen molar-refractivity contribution < 1.29 is 37.7 Å². The van der Waals surface area contributed by atoms with E-state index < -0.39 is 48.8 Å². The first kappa shape index (κ1) is 29.8. The van der Waals surface area contributed by atoms with Crippen molar-refractivity contribution in [1.29, 1.82) is 0 Å². The minimum absolute atomic E-state index is 0.00699. The van der Waals surface area contributed by atoms with Crippen molar-refractivity contribution in [2.45, 2.75) is 97.1 Å². The second kappa shape index (κ2) is 14.9. The minimum atomic E-state index is -1.85. The number of hydrogen-bond donors (Lipinski definition) is 2. The summed E-state index contributed by atoms with van der Waals surface area (Å²) in [5.41, 5.74) is 0. The fourth-order valence-corrected chi connectivity index (χ4v) is 4.07. The Morgan fingerprint density at radius 2 is 1.68 bits per heavy atom. The van der Waals surface area contributed by atoms with Crippen LogP contribution in [0.2, 0.25) is 0 Å². The Hall–Kier alpha value is -2.25. The molecule has 1 aliphatic heterocycles. The zero-order valence-corrected chi connectivity index (χ0v) is 20.5. The van der Waals surface area contributed by atoms with Gasteiger partial charge in [0.2, 0.25) is 18.6 Å². The number of aliphatic hydroxyl groups excluding tert-OH is 1. The molecule has 1 amide bonds. The van der Waals surface area contributed by atoms with Gasteiger partial charge in [-0.2, -0.15) is 0 Å². The molecule has 1 rings (SSSR count). The van der Waals surface area contributed by atoms with E-state index in [-0.39, 0.29) is 44.2 Å². The van der Waals surface area contributed by atoms with Gasteiger partial charge in [-0.15, -0.1) is 6.42 Å². The summed E-state index contributed by atoms with van der Waals surface area (Å²) in [6.07, 6.45) is 1.69. The summed E-state index contributed by atoms with van der Waals surface area (Å²) in [4.78, 5) is 38.7. The maximum atomic E-state index is 14.1. The van der Waals surface area contributed by atoms with Crippen molar-refractivity contribution in [3.8, 4) is 12.3 Å². The highest BCUT2D eigenvalue weighted by Gasteiger charge is 2.52. The molecule has 1 aliphatic rings. The molecule has 0 aromatic heterocycles. The van der Waals surface area contributed by atoms with Crippen LogP contribution in [-0.4, -0.2) is 71.8 Å². The van der Waals surface area contributed by atoms with Crippen molar-refractivity contribution in [2.24, 2.45) is 11.8 Å². The Kier molecular flexibility index (Phi) is 13.0. The summed E-state index contributed by atoms with van der Waals surface area (Å²) in [6, 6.07) is -2.34. The van der Waals surface area contributed by atoms with Gasteiger partial charge in [-0.05, 0) is 25.2 Å². The maximum Gasteiger partial charge on any atom is 0.326 e. The number of rotatable bonds is 14. The predicted molar refractivity (Wildman–Crippen MR) is 121 cm³/mol. The number of alkyl halides is 2. The number of carbonyl (C=O) groups is 3. The average molecular weight is 489 g/mol. The summed E-state index contributed by atoms with van der Waals surface area (Å²) in [6.45, 7) is 7.08. The van der Waals surface area contributed by atoms with Crippen molar-refractivity contribution in [3.63, 3.8) is 0 Å². The van der Waals surface area contributed by atoms with Crippen LogP contribution < -0.4 is 5.32 Å². The second-order valence-corrected chi connectivity index (χ2v) is 8.65. The Balaban J connectivity index is 3.30. The van der Waals surface area contributed by atoms with Crippen molar-refractivity contribution in [3.05, 3.63) is 0 Å². The van der Waals surface area contributed by atoms with Gasteiger partial charge in [-0.1, -0.05) is 33.1 Å². The molecule has 10 heteroatoms. The fourth-order valence-electron chi connectivity index (χ4n) is 4.07. The van der Waals surface area contributed by atoms with E-state index in [1.54, 1.807) is 13.8 Å². The molecular formula is C24H38F2N2O6. The number of likely N-dealkylation sites (tertiary alicyclic amines) is 1. The van der Waals surface area contributed by atoms with E-state index >= 15 is 0 Å². The number of aliphatic hydroxyl groups is 1. The summed E-state index contributed by atoms with van der Waals surface area (Å²) in [7, 11) is 0. The second-order valence-electron chi connectivity index (χ2n) is 8.65. The molecule has 0 aliphatic carbocycles. The van der Waals surface area contributed by atoms with E-state index in [1.165, 1.54) is 11.8 Å². The smallest absolute Gasteiger partial charge is 0.326 e. The van der Waals surface area contributed by atoms with Gasteiger partial charge < -0.3 is 19.9 Å². The lowest BCUT2D eigenvalue weighted by Gasteiger charge is -2.33. The average Bonchev–Trinajstić information content (AvgIpc) is 3.15. The fraction of sp³-hybridized carbons (Fsp3) is 0.792. The minimum Gasteiger partial charge on any atom is -0.430 e. The zero-order chi connectivity index (χ0) is 25.8. The van der Waals surface area contributed by atoms with Crippen molar-refractivity contribution >= 4 is 17.8 Å². The van der Waals surface area contributed by atoms with Gasteiger partial charge in [0.25, 0.3) is 0 Å². The summed E-state index contributed by atoms with van der Waals surface area (Å²) < 4.78 is 38.1. The summed E-state index contributed by atoms with van der Waals surface area (Å²) >= 11 is 0. The van der Waals surface area contributed by atoms with Crippen molar-refractivity contribution in [2.75, 3.05) is 13.1 Å². The molecule has 0 spiro atoms. The van der Waals surface area contributed by atoms with Gasteiger partial charge >= 0.3 is 11.9 Å². The molecule has 1 saturated heterocycles. The van der Waals surface area contributed by atoms with E-state index in [4.69, 9.17) is 15.9 Å². The van der Waals surface area contributed by atoms with Crippen LogP contribution in [0.15, 0.2) is 0 Å². The van der Waals surface area contributed by atoms with Crippen LogP contribution in [0.25, 0.3) is 0 Å². The largest absolute Gasteiger partial charge is 0.430 e. The Bertz CT molecular complexity index is 716. The number of ether oxygens (including phenoxy) is 2. The molecule has 8 nitrogen and oxygen atoms in total. The molecule has 34 heavy (non-hydrogen) atoms. The lowest BCUT2D eigenvalue weighted by Crippen LogP contribution is -2.51. The predicted octanol–water partition coefficient (Wildman–Crippen LogP) is 2.48. The Labute approximate surface area is 200 Å². The standard InChI is InChI=1S/C24H38F2N2O6/c1-6-10-20(25)33-23(31)18-12-17(19(30)9-4)22(24(32)34-21(26)11-7-2)28(18)14-16(8-3)13-27-15(5)29/h4,16-22,30H,6-8,10-14H2,1-3,5H3,(H,27,29)/t16?,17-,18+,19?,20?,21?,22+/m0/s1. The Morgan fingerprint density at radius 3 is 2.15 bits per heavy atom. The number of esters is 2. The number of amides is 1. The first-order chi connectivity index (χ1) is 16.1. The lowest BCUT2D eigenvalue weighted by atomic mass is 9.93. The van der Waals surface area contributed by atoms with Crippen LogP contribution in [0.3, 0.4) is 0 Å². The number of carbonyl (C=O) groups excluding carboxylic acids is 3. The zero-order valence-electron chi connectivity index (χ0n) is 20.5. The van der Waals surface area contributed by atoms with Crippen LogP contribution in [-0.2, 0) is 23.9 Å². The molecule has 1 fully saturated rings. The van der Waals surface area contributed by atoms with Crippen LogP contribution in [0.4, 0.5) is 8.78 Å². The summed E-state index contributed by atoms with van der Waals surface area (Å²) in [5, 5.41) is 13.1. The van der Waals surface area contributed by atoms with E-state index in [9.17, 15) is 28.3 Å². The normalized spacial score (nSPS) is 23.9. The third kappa shape index (κ3) is 8.84. The lowest BCUT2D eigenvalue weighted by molar-refractivity contribution is -0.170. The molecule has 2 N–H and O–H groups in total. The highest BCUT2D eigenvalue weighted by molar-refractivity contribution is 5.82. The quantitative estimate of drug-likeness (QED) is 0.286. The number of nitrogens with zero attached hydrogens (tertiary/aromatic N) is 1. The van der Waals surface area contributed by atoms with Crippen LogP contribution >= 0.6 is 0 Å². The van der Waals surface area contributed by atoms with Crippen LogP contribution in [0, 0.1) is 24.2 Å². The molecular weight excluding hydrogens is 450 g/mol. The summed E-state index contributed by atoms with van der Waals surface area (Å²) in [5.74, 6) is -1.10. The van der Waals surface area contributed by atoms with Gasteiger partial charge in [0.05, 0.1) is 0 Å². The number of nitrogens with one attached hydrogen (secondary N) is 1. The number of halogens is 2. The molecule has 7 atom stereocenters. The van der Waals surface area contributed by atoms with Gasteiger partial charge in [0.1, 0.15) is 18.2 Å². The first-order valence-corrected chi connectivity index (χ1v) is 11.9. The molecule has 4 unspecified atom stereocenters. The number of terminal acetylenes is 1. The van der Waals surface area contributed by atoms with E-state index in [0.717, 1.165) is 0 Å². The highest BCUT2D eigenvalue weighted by Crippen LogP contribution is 2.35. The van der Waals surface area contributed by atoms with E-state index in [2.05, 4.69) is 11.2 Å². The van der Waals surface area contributed by atoms with E-state index in [0.29, 0.717) is 19.3 Å². The number of hydrogen-bond acceptors (Lipinski definition) is 7. The molecule has 0 saturated carbocycles. The Morgan fingerprint density at radius 1 is 1.12 bits per heavy atom. The molecule has 1 heterocycles. The van der Waals surface area contributed by atoms with Gasteiger partial charge in [-0.25, -0.2) is 8.78 Å². The maximum absolute atomic E-state index is 14.1. The van der Waals surface area contributed by atoms with Gasteiger partial charge in [-0.3, -0.25) is 19.3 Å². The first-order valence-electron chi connectivity index (χ1n) is 11.9. The monoisotopic (exact) mass is 488 g/mol. The molecule has 0 aromatic carbocycles. The molecule has 194 valence electrons. The highest BCUT2D eigenvalue weighted by atomic mass is 19.1. The van der Waals surface area contributed by atoms with E-state index in [1.807, 2.05) is 6.92 Å². The SMILES string of the molecule is C#CC(O)[C@@H]1C[C@H](C(=O)OC(F)CCC)N(CC(CC)CNC(C)=O)[C@H]1C(=O)OC(F)CCC.